The predicted molar refractivity (Wildman–Crippen MR) is 247 cm³/mol. The van der Waals surface area contributed by atoms with Gasteiger partial charge in [-0.3, -0.25) is 43.2 Å². The molecular weight excluding hydrogens is 922 g/mol. The first-order valence-corrected chi connectivity index (χ1v) is 22.9. The highest BCUT2D eigenvalue weighted by Gasteiger charge is 2.46. The fourth-order valence-corrected chi connectivity index (χ4v) is 8.23. The molecule has 11 N–H and O–H groups in total. The summed E-state index contributed by atoms with van der Waals surface area (Å²) in [5.74, 6) is -10.2. The van der Waals surface area contributed by atoms with Gasteiger partial charge in [0.25, 0.3) is 0 Å². The number of nitrogens with two attached hydrogens (primary N) is 2. The minimum atomic E-state index is -1.85. The molecule has 23 heteroatoms. The van der Waals surface area contributed by atoms with Crippen LogP contribution in [0.4, 0.5) is 0 Å². The molecule has 9 amide bonds. The van der Waals surface area contributed by atoms with Gasteiger partial charge < -0.3 is 62.8 Å². The smallest absolute Gasteiger partial charge is 0.329 e. The summed E-state index contributed by atoms with van der Waals surface area (Å²) < 4.78 is 5.75. The Hall–Kier alpha value is -6.81. The molecule has 22 nitrogen and oxygen atoms in total. The summed E-state index contributed by atoms with van der Waals surface area (Å²) in [7, 11) is 1.27. The lowest BCUT2D eigenvalue weighted by atomic mass is 9.94. The molecule has 4 rings (SSSR count). The topological polar surface area (TPSA) is 339 Å². The molecule has 2 aliphatic heterocycles. The number of hydrogen-bond donors (Lipinski definition) is 9. The molecule has 0 spiro atoms. The van der Waals surface area contributed by atoms with Crippen LogP contribution in [0.15, 0.2) is 48.5 Å². The van der Waals surface area contributed by atoms with Crippen LogP contribution in [0, 0.1) is 5.92 Å². The minimum absolute atomic E-state index is 0.0909. The average molecular weight is 985 g/mol. The number of phenolic OH excluding ortho intramolecular Hbond substituents is 1. The molecule has 0 saturated carbocycles. The number of fused-ring (bicyclic) bond motifs is 2. The second-order valence-electron chi connectivity index (χ2n) is 17.3. The van der Waals surface area contributed by atoms with Crippen LogP contribution in [-0.2, 0) is 65.5 Å². The average Bonchev–Trinajstić information content (AvgIpc) is 3.29. The van der Waals surface area contributed by atoms with Crippen molar-refractivity contribution < 1.29 is 62.9 Å². The molecule has 2 heterocycles. The number of ether oxygens (including phenoxy) is 1. The maximum absolute atomic E-state index is 15.0. The van der Waals surface area contributed by atoms with E-state index in [9.17, 15) is 53.4 Å². The first kappa shape index (κ1) is 54.8. The van der Waals surface area contributed by atoms with E-state index in [0.717, 1.165) is 16.7 Å². The zero-order chi connectivity index (χ0) is 51.3. The number of carbonyl (C=O) groups is 10. The van der Waals surface area contributed by atoms with Crippen LogP contribution < -0.4 is 38.1 Å². The van der Waals surface area contributed by atoms with Gasteiger partial charge in [-0.05, 0) is 61.8 Å². The van der Waals surface area contributed by atoms with Crippen LogP contribution in [0.3, 0.4) is 0 Å². The van der Waals surface area contributed by atoms with Crippen molar-refractivity contribution >= 4 is 70.7 Å². The number of rotatable bonds is 15. The quantitative estimate of drug-likeness (QED) is 0.0962. The van der Waals surface area contributed by atoms with E-state index in [-0.39, 0.29) is 49.3 Å². The molecule has 0 aromatic heterocycles. The van der Waals surface area contributed by atoms with Gasteiger partial charge in [0, 0.05) is 39.7 Å². The molecule has 2 aliphatic rings. The number of aromatic hydroxyl groups is 1. The Morgan fingerprint density at radius 3 is 2.13 bits per heavy atom. The summed E-state index contributed by atoms with van der Waals surface area (Å²) in [6.45, 7) is 5.67. The summed E-state index contributed by atoms with van der Waals surface area (Å²) in [6, 6.07) is 1.76. The highest BCUT2D eigenvalue weighted by Crippen LogP contribution is 2.28. The molecule has 2 bridgehead atoms. The summed E-state index contributed by atoms with van der Waals surface area (Å²) in [6.07, 6.45) is -5.22. The highest BCUT2D eigenvalue weighted by molar-refractivity contribution is 6.32. The lowest BCUT2D eigenvalue weighted by Crippen LogP contribution is -2.65. The Morgan fingerprint density at radius 2 is 1.52 bits per heavy atom. The number of likely N-dealkylation sites (N-methyl/N-ethyl adjacent to an activating group) is 1. The van der Waals surface area contributed by atoms with Crippen LogP contribution in [0.2, 0.25) is 5.02 Å². The summed E-state index contributed by atoms with van der Waals surface area (Å²) in [5.41, 5.74) is 11.7. The molecule has 2 saturated heterocycles. The largest absolute Gasteiger partial charge is 0.506 e. The number of aliphatic hydroxyl groups is 1. The summed E-state index contributed by atoms with van der Waals surface area (Å²) >= 11 is 6.24. The zero-order valence-corrected chi connectivity index (χ0v) is 39.8. The van der Waals surface area contributed by atoms with Crippen molar-refractivity contribution in [2.75, 3.05) is 7.05 Å². The van der Waals surface area contributed by atoms with Crippen molar-refractivity contribution in [2.24, 2.45) is 17.4 Å². The number of benzene rings is 2. The number of aliphatic hydroxyl groups excluding tert-OH is 1. The van der Waals surface area contributed by atoms with E-state index in [4.69, 9.17) is 27.8 Å². The normalized spacial score (nSPS) is 25.0. The van der Waals surface area contributed by atoms with Gasteiger partial charge in [-0.25, -0.2) is 4.79 Å². The van der Waals surface area contributed by atoms with Crippen molar-refractivity contribution in [2.45, 2.75) is 140 Å². The number of phenols is 1. The third-order valence-corrected chi connectivity index (χ3v) is 12.5. The minimum Gasteiger partial charge on any atom is -0.506 e. The monoisotopic (exact) mass is 983 g/mol. The summed E-state index contributed by atoms with van der Waals surface area (Å²) in [4.78, 5) is 139. The van der Waals surface area contributed by atoms with Gasteiger partial charge in [-0.15, -0.1) is 0 Å². The Labute approximate surface area is 403 Å². The van der Waals surface area contributed by atoms with Gasteiger partial charge in [0.2, 0.25) is 53.2 Å². The van der Waals surface area contributed by atoms with Gasteiger partial charge in [0.1, 0.15) is 60.4 Å². The molecule has 2 aromatic carbocycles. The van der Waals surface area contributed by atoms with Crippen molar-refractivity contribution in [3.8, 4) is 5.75 Å². The number of hydrogen-bond acceptors (Lipinski definition) is 13. The third-order valence-electron chi connectivity index (χ3n) is 12.2. The van der Waals surface area contributed by atoms with E-state index in [0.29, 0.717) is 17.5 Å². The first-order valence-electron chi connectivity index (χ1n) is 22.6. The molecule has 2 fully saturated rings. The van der Waals surface area contributed by atoms with Crippen molar-refractivity contribution in [1.29, 1.82) is 0 Å². The number of halogens is 1. The van der Waals surface area contributed by atoms with Crippen LogP contribution in [0.25, 0.3) is 0 Å². The van der Waals surface area contributed by atoms with E-state index in [1.807, 2.05) is 0 Å². The van der Waals surface area contributed by atoms with Gasteiger partial charge in [0.15, 0.2) is 0 Å². The van der Waals surface area contributed by atoms with Gasteiger partial charge >= 0.3 is 5.97 Å². The van der Waals surface area contributed by atoms with E-state index in [1.54, 1.807) is 44.2 Å². The Balaban J connectivity index is 1.92. The lowest BCUT2D eigenvalue weighted by molar-refractivity contribution is -0.165. The second kappa shape index (κ2) is 25.0. The van der Waals surface area contributed by atoms with Crippen LogP contribution in [0.1, 0.15) is 83.8 Å². The predicted octanol–water partition coefficient (Wildman–Crippen LogP) is -1.07. The second-order valence-corrected chi connectivity index (χ2v) is 17.8. The van der Waals surface area contributed by atoms with Crippen LogP contribution in [0.5, 0.6) is 5.75 Å². The highest BCUT2D eigenvalue weighted by atomic mass is 35.5. The zero-order valence-electron chi connectivity index (χ0n) is 39.1. The van der Waals surface area contributed by atoms with E-state index >= 15 is 4.79 Å². The Kier molecular flexibility index (Phi) is 19.8. The SMILES string of the molecule is CC[C@@H](C)[C@@H]1NC(=O)[C@H](NC(=O)[C@@H](CCC(N)=O)NC(C)=O)[C@@H](C)OC(=O)[C@@H](CCC(N)=O)NC(=O)[C@@H](Cc2ccc(O)c(Cl)c2)N(C)C(=O)[C@@H](Cc2ccccc2)N2C(=O)[C@@H](CC[C@@H]2O)NC1=O. The van der Waals surface area contributed by atoms with E-state index in [1.165, 1.54) is 32.2 Å². The van der Waals surface area contributed by atoms with Gasteiger partial charge in [-0.1, -0.05) is 68.3 Å². The van der Waals surface area contributed by atoms with Crippen molar-refractivity contribution in [1.82, 2.24) is 36.4 Å². The Morgan fingerprint density at radius 1 is 0.870 bits per heavy atom. The van der Waals surface area contributed by atoms with Crippen LogP contribution >= 0.6 is 11.6 Å². The molecule has 0 aliphatic carbocycles. The Bertz CT molecular complexity index is 2250. The molecule has 10 atom stereocenters. The fourth-order valence-electron chi connectivity index (χ4n) is 8.03. The number of amides is 9. The number of piperidine rings is 1. The number of nitrogens with zero attached hydrogens (tertiary/aromatic N) is 2. The number of primary amides is 2. The molecule has 0 radical (unpaired) electrons. The lowest BCUT2D eigenvalue weighted by Gasteiger charge is -2.43. The number of esters is 1. The summed E-state index contributed by atoms with van der Waals surface area (Å²) in [5, 5.41) is 34.3. The fraction of sp³-hybridized carbons (Fsp3) is 0.522. The molecular formula is C46H62ClN9O13. The van der Waals surface area contributed by atoms with E-state index < -0.39 is 133 Å². The van der Waals surface area contributed by atoms with Gasteiger partial charge in [0.05, 0.1) is 5.02 Å². The first-order chi connectivity index (χ1) is 32.5. The van der Waals surface area contributed by atoms with Crippen molar-refractivity contribution in [3.05, 3.63) is 64.7 Å². The number of carbonyl (C=O) groups excluding carboxylic acids is 10. The number of cyclic esters (lactones) is 1. The maximum atomic E-state index is 15.0. The van der Waals surface area contributed by atoms with E-state index in [2.05, 4.69) is 26.6 Å². The molecule has 2 aromatic rings. The third kappa shape index (κ3) is 15.1. The molecule has 0 unspecified atom stereocenters. The molecule has 69 heavy (non-hydrogen) atoms. The van der Waals surface area contributed by atoms with Gasteiger partial charge in [-0.2, -0.15) is 0 Å². The van der Waals surface area contributed by atoms with Crippen LogP contribution in [-0.4, -0.2) is 141 Å². The standard InChI is InChI=1S/C46H62ClN9O13/c1-6-23(2)38-42(64)51-30-15-19-37(61)56(44(30)66)33(21-26-10-8-7-9-11-26)45(67)55(5)32(22-27-12-16-34(58)28(47)20-27)41(63)52-31(14-18-36(49)60)46(68)69-24(3)39(43(65)53-38)54-40(62)29(50-25(4)57)13-17-35(48)59/h7-12,16,20,23-24,29-33,37-39,58,61H,6,13-15,17-19,21-22H2,1-5H3,(H2,48,59)(H2,49,60)(H,50,57)(H,51,64)(H,52,63)(H,53,65)(H,54,62)/t23-,24-,29-,30-,31-,32-,33-,37+,38+,39-/m1/s1. The van der Waals surface area contributed by atoms with Crippen molar-refractivity contribution in [3.63, 3.8) is 0 Å². The maximum Gasteiger partial charge on any atom is 0.329 e. The molecule has 376 valence electrons. The number of nitrogens with one attached hydrogen (secondary N) is 5.